The number of anilines is 2. The van der Waals surface area contributed by atoms with Gasteiger partial charge in [-0.3, -0.25) is 4.90 Å². The van der Waals surface area contributed by atoms with Crippen LogP contribution in [0.15, 0.2) is 30.3 Å². The van der Waals surface area contributed by atoms with Crippen LogP contribution in [0.4, 0.5) is 11.6 Å². The lowest BCUT2D eigenvalue weighted by Gasteiger charge is -2.32. The molecular weight excluding hydrogens is 362 g/mol. The van der Waals surface area contributed by atoms with E-state index >= 15 is 0 Å². The molecule has 2 aromatic rings. The van der Waals surface area contributed by atoms with Crippen LogP contribution in [0.2, 0.25) is 0 Å². The normalized spacial score (nSPS) is 18.8. The summed E-state index contributed by atoms with van der Waals surface area (Å²) in [5.41, 5.74) is 3.61. The van der Waals surface area contributed by atoms with E-state index in [1.54, 1.807) is 6.07 Å². The van der Waals surface area contributed by atoms with Crippen LogP contribution in [0.3, 0.4) is 0 Å². The Kier molecular flexibility index (Phi) is 6.19. The molecular formula is C23H33N5O. The zero-order valence-electron chi connectivity index (χ0n) is 17.7. The third-order valence-corrected chi connectivity index (χ3v) is 6.22. The van der Waals surface area contributed by atoms with Gasteiger partial charge in [0.15, 0.2) is 0 Å². The molecule has 156 valence electrons. The second kappa shape index (κ2) is 8.99. The SMILES string of the molecule is CN(C)c1ccc(CN2CCC(c3cc(O)nc(N4CCCCC4)n3)CC2)cc1. The minimum absolute atomic E-state index is 0.110. The van der Waals surface area contributed by atoms with Crippen LogP contribution in [0, 0.1) is 0 Å². The van der Waals surface area contributed by atoms with Gasteiger partial charge in [0, 0.05) is 51.4 Å². The molecule has 2 fully saturated rings. The topological polar surface area (TPSA) is 55.7 Å². The molecule has 1 aromatic heterocycles. The van der Waals surface area contributed by atoms with E-state index in [-0.39, 0.29) is 5.88 Å². The van der Waals surface area contributed by atoms with Crippen molar-refractivity contribution < 1.29 is 5.11 Å². The molecule has 6 heteroatoms. The first-order valence-electron chi connectivity index (χ1n) is 10.9. The Morgan fingerprint density at radius 1 is 0.966 bits per heavy atom. The third kappa shape index (κ3) is 4.99. The van der Waals surface area contributed by atoms with E-state index in [0.29, 0.717) is 11.9 Å². The Morgan fingerprint density at radius 2 is 1.66 bits per heavy atom. The standard InChI is InChI=1S/C23H33N5O/c1-26(2)20-8-6-18(7-9-20)17-27-14-10-19(11-15-27)21-16-22(29)25-23(24-21)28-12-4-3-5-13-28/h6-9,16,19H,3-5,10-15,17H2,1-2H3,(H,24,25,29). The highest BCUT2D eigenvalue weighted by molar-refractivity contribution is 5.46. The van der Waals surface area contributed by atoms with Crippen LogP contribution in [0.25, 0.3) is 0 Å². The molecule has 2 saturated heterocycles. The van der Waals surface area contributed by atoms with Gasteiger partial charge in [0.25, 0.3) is 0 Å². The molecule has 0 amide bonds. The van der Waals surface area contributed by atoms with Crippen molar-refractivity contribution in [2.45, 2.75) is 44.6 Å². The van der Waals surface area contributed by atoms with Gasteiger partial charge in [-0.25, -0.2) is 4.98 Å². The molecule has 0 aliphatic carbocycles. The van der Waals surface area contributed by atoms with Gasteiger partial charge in [-0.05, 0) is 62.9 Å². The minimum Gasteiger partial charge on any atom is -0.493 e. The highest BCUT2D eigenvalue weighted by Gasteiger charge is 2.24. The van der Waals surface area contributed by atoms with E-state index in [1.807, 2.05) is 0 Å². The van der Waals surface area contributed by atoms with Gasteiger partial charge in [-0.15, -0.1) is 0 Å². The smallest absolute Gasteiger partial charge is 0.228 e. The fourth-order valence-corrected chi connectivity index (χ4v) is 4.43. The first-order chi connectivity index (χ1) is 14.1. The van der Waals surface area contributed by atoms with Gasteiger partial charge in [-0.2, -0.15) is 4.98 Å². The number of hydrogen-bond donors (Lipinski definition) is 1. The van der Waals surface area contributed by atoms with E-state index in [1.165, 1.54) is 30.5 Å². The van der Waals surface area contributed by atoms with Crippen LogP contribution in [-0.2, 0) is 6.54 Å². The molecule has 1 N–H and O–H groups in total. The summed E-state index contributed by atoms with van der Waals surface area (Å²) in [6.07, 6.45) is 5.79. The number of hydrogen-bond acceptors (Lipinski definition) is 6. The Labute approximate surface area is 174 Å². The van der Waals surface area contributed by atoms with Gasteiger partial charge >= 0.3 is 0 Å². The average molecular weight is 396 g/mol. The zero-order chi connectivity index (χ0) is 20.2. The predicted molar refractivity (Wildman–Crippen MR) is 118 cm³/mol. The summed E-state index contributed by atoms with van der Waals surface area (Å²) < 4.78 is 0. The van der Waals surface area contributed by atoms with Crippen molar-refractivity contribution in [1.82, 2.24) is 14.9 Å². The molecule has 0 spiro atoms. The van der Waals surface area contributed by atoms with Crippen LogP contribution >= 0.6 is 0 Å². The summed E-state index contributed by atoms with van der Waals surface area (Å²) in [7, 11) is 4.14. The Bertz CT molecular complexity index is 793. The summed E-state index contributed by atoms with van der Waals surface area (Å²) in [5, 5.41) is 10.2. The molecule has 3 heterocycles. The molecule has 0 radical (unpaired) electrons. The van der Waals surface area contributed by atoms with Crippen molar-refractivity contribution >= 4 is 11.6 Å². The molecule has 0 bridgehead atoms. The van der Waals surface area contributed by atoms with Crippen molar-refractivity contribution in [2.24, 2.45) is 0 Å². The van der Waals surface area contributed by atoms with Gasteiger partial charge < -0.3 is 14.9 Å². The summed E-state index contributed by atoms with van der Waals surface area (Å²) in [6, 6.07) is 10.6. The van der Waals surface area contributed by atoms with Crippen molar-refractivity contribution in [3.05, 3.63) is 41.6 Å². The Hall–Kier alpha value is -2.34. The molecule has 0 atom stereocenters. The lowest BCUT2D eigenvalue weighted by atomic mass is 9.93. The van der Waals surface area contributed by atoms with Gasteiger partial charge in [0.1, 0.15) is 0 Å². The summed E-state index contributed by atoms with van der Waals surface area (Å²) >= 11 is 0. The van der Waals surface area contributed by atoms with Crippen molar-refractivity contribution in [2.75, 3.05) is 50.1 Å². The Morgan fingerprint density at radius 3 is 2.31 bits per heavy atom. The van der Waals surface area contributed by atoms with Gasteiger partial charge in [0.05, 0.1) is 5.69 Å². The Balaban J connectivity index is 1.36. The fourth-order valence-electron chi connectivity index (χ4n) is 4.43. The molecule has 0 unspecified atom stereocenters. The fraction of sp³-hybridized carbons (Fsp3) is 0.565. The van der Waals surface area contributed by atoms with Gasteiger partial charge in [0.2, 0.25) is 11.8 Å². The largest absolute Gasteiger partial charge is 0.493 e. The predicted octanol–water partition coefficient (Wildman–Crippen LogP) is 3.62. The van der Waals surface area contributed by atoms with Crippen molar-refractivity contribution in [3.8, 4) is 5.88 Å². The van der Waals surface area contributed by atoms with E-state index < -0.39 is 0 Å². The molecule has 1 aromatic carbocycles. The molecule has 2 aliphatic rings. The number of aromatic hydroxyl groups is 1. The van der Waals surface area contributed by atoms with Crippen LogP contribution in [-0.4, -0.2) is 60.2 Å². The second-order valence-electron chi connectivity index (χ2n) is 8.61. The number of benzene rings is 1. The highest BCUT2D eigenvalue weighted by Crippen LogP contribution is 2.30. The highest BCUT2D eigenvalue weighted by atomic mass is 16.3. The number of rotatable bonds is 5. The van der Waals surface area contributed by atoms with E-state index in [2.05, 4.69) is 58.0 Å². The van der Waals surface area contributed by atoms with Crippen LogP contribution in [0.1, 0.15) is 49.3 Å². The summed E-state index contributed by atoms with van der Waals surface area (Å²) in [5.74, 6) is 1.22. The first-order valence-corrected chi connectivity index (χ1v) is 10.9. The summed E-state index contributed by atoms with van der Waals surface area (Å²) in [4.78, 5) is 16.0. The average Bonchev–Trinajstić information content (AvgIpc) is 2.75. The first kappa shape index (κ1) is 20.0. The van der Waals surface area contributed by atoms with Crippen molar-refractivity contribution in [1.29, 1.82) is 0 Å². The van der Waals surface area contributed by atoms with Gasteiger partial charge in [-0.1, -0.05) is 12.1 Å². The molecule has 29 heavy (non-hydrogen) atoms. The molecule has 0 saturated carbocycles. The number of likely N-dealkylation sites (tertiary alicyclic amines) is 1. The maximum absolute atomic E-state index is 10.2. The van der Waals surface area contributed by atoms with Crippen molar-refractivity contribution in [3.63, 3.8) is 0 Å². The number of piperidine rings is 2. The quantitative estimate of drug-likeness (QED) is 0.835. The molecule has 6 nitrogen and oxygen atoms in total. The lowest BCUT2D eigenvalue weighted by Crippen LogP contribution is -2.33. The van der Waals surface area contributed by atoms with E-state index in [4.69, 9.17) is 4.98 Å². The number of aromatic nitrogens is 2. The lowest BCUT2D eigenvalue weighted by molar-refractivity contribution is 0.203. The maximum Gasteiger partial charge on any atom is 0.228 e. The molecule has 2 aliphatic heterocycles. The third-order valence-electron chi connectivity index (χ3n) is 6.22. The van der Waals surface area contributed by atoms with E-state index in [0.717, 1.165) is 51.3 Å². The maximum atomic E-state index is 10.2. The molecule has 4 rings (SSSR count). The summed E-state index contributed by atoms with van der Waals surface area (Å²) in [6.45, 7) is 5.10. The van der Waals surface area contributed by atoms with Crippen LogP contribution in [0.5, 0.6) is 5.88 Å². The second-order valence-corrected chi connectivity index (χ2v) is 8.61. The zero-order valence-corrected chi connectivity index (χ0v) is 17.7. The van der Waals surface area contributed by atoms with E-state index in [9.17, 15) is 5.11 Å². The monoisotopic (exact) mass is 395 g/mol. The minimum atomic E-state index is 0.110. The number of nitrogens with zero attached hydrogens (tertiary/aromatic N) is 5. The van der Waals surface area contributed by atoms with Crippen LogP contribution < -0.4 is 9.80 Å².